The van der Waals surface area contributed by atoms with E-state index in [1.165, 1.54) is 0 Å². The maximum atomic E-state index is 11.7. The Morgan fingerprint density at radius 2 is 2.50 bits per heavy atom. The van der Waals surface area contributed by atoms with E-state index in [1.54, 1.807) is 0 Å². The van der Waals surface area contributed by atoms with E-state index in [9.17, 15) is 4.79 Å². The smallest absolute Gasteiger partial charge is 0.223 e. The first-order valence-electron chi connectivity index (χ1n) is 5.27. The summed E-state index contributed by atoms with van der Waals surface area (Å²) in [5, 5.41) is 0. The zero-order chi connectivity index (χ0) is 10.1. The third kappa shape index (κ3) is 1.46. The van der Waals surface area contributed by atoms with Crippen molar-refractivity contribution in [3.05, 3.63) is 12.7 Å². The summed E-state index contributed by atoms with van der Waals surface area (Å²) in [6.07, 6.45) is 4.50. The predicted molar refractivity (Wildman–Crippen MR) is 53.9 cm³/mol. The van der Waals surface area contributed by atoms with Crippen LogP contribution in [0.3, 0.4) is 0 Å². The minimum absolute atomic E-state index is 0.145. The fourth-order valence-electron chi connectivity index (χ4n) is 2.46. The van der Waals surface area contributed by atoms with Gasteiger partial charge in [-0.3, -0.25) is 4.79 Å². The van der Waals surface area contributed by atoms with E-state index < -0.39 is 0 Å². The van der Waals surface area contributed by atoms with Crippen LogP contribution in [0.2, 0.25) is 0 Å². The Morgan fingerprint density at radius 1 is 1.71 bits per heavy atom. The highest BCUT2D eigenvalue weighted by Gasteiger charge is 2.41. The molecular weight excluding hydrogens is 178 g/mol. The second-order valence-electron chi connectivity index (χ2n) is 4.12. The van der Waals surface area contributed by atoms with Crippen molar-refractivity contribution in [2.45, 2.75) is 44.4 Å². The minimum atomic E-state index is 0.145. The maximum Gasteiger partial charge on any atom is 0.223 e. The number of morpholine rings is 1. The summed E-state index contributed by atoms with van der Waals surface area (Å²) in [6.45, 7) is 6.48. The Kier molecular flexibility index (Phi) is 2.59. The van der Waals surface area contributed by atoms with Crippen molar-refractivity contribution in [1.29, 1.82) is 0 Å². The number of nitrogens with zero attached hydrogens (tertiary/aromatic N) is 1. The third-order valence-electron chi connectivity index (χ3n) is 3.23. The summed E-state index contributed by atoms with van der Waals surface area (Å²) in [7, 11) is 0. The second-order valence-corrected chi connectivity index (χ2v) is 4.12. The molecule has 0 spiro atoms. The molecule has 2 aliphatic rings. The van der Waals surface area contributed by atoms with Gasteiger partial charge in [0.2, 0.25) is 5.91 Å². The standard InChI is InChI=1S/C11H17NO2/c1-3-4-10-8(2)14-7-9-5-6-11(13)12(9)10/h3,8-10H,1,4-7H2,2H3/t8?,9?,10-/m0/s1. The van der Waals surface area contributed by atoms with E-state index in [-0.39, 0.29) is 18.1 Å². The summed E-state index contributed by atoms with van der Waals surface area (Å²) in [5.74, 6) is 0.289. The zero-order valence-corrected chi connectivity index (χ0v) is 8.61. The van der Waals surface area contributed by atoms with Crippen LogP contribution in [0.4, 0.5) is 0 Å². The van der Waals surface area contributed by atoms with E-state index in [0.29, 0.717) is 19.1 Å². The van der Waals surface area contributed by atoms with Crippen LogP contribution in [0.1, 0.15) is 26.2 Å². The Balaban J connectivity index is 2.16. The van der Waals surface area contributed by atoms with Crippen molar-refractivity contribution >= 4 is 5.91 Å². The molecule has 78 valence electrons. The molecule has 1 amide bonds. The number of hydrogen-bond donors (Lipinski definition) is 0. The molecule has 2 fully saturated rings. The van der Waals surface area contributed by atoms with Crippen LogP contribution in [0.25, 0.3) is 0 Å². The average Bonchev–Trinajstić information content (AvgIpc) is 2.53. The normalized spacial score (nSPS) is 37.1. The van der Waals surface area contributed by atoms with Gasteiger partial charge in [0.05, 0.1) is 24.8 Å². The summed E-state index contributed by atoms with van der Waals surface area (Å²) in [5.41, 5.74) is 0. The largest absolute Gasteiger partial charge is 0.374 e. The lowest BCUT2D eigenvalue weighted by Gasteiger charge is -2.41. The van der Waals surface area contributed by atoms with E-state index in [1.807, 2.05) is 17.9 Å². The molecular formula is C11H17NO2. The van der Waals surface area contributed by atoms with Crippen LogP contribution >= 0.6 is 0 Å². The lowest BCUT2D eigenvalue weighted by molar-refractivity contribution is -0.144. The summed E-state index contributed by atoms with van der Waals surface area (Å²) in [6, 6.07) is 0.532. The molecule has 0 aromatic heterocycles. The topological polar surface area (TPSA) is 29.5 Å². The number of carbonyl (C=O) groups excluding carboxylic acids is 1. The monoisotopic (exact) mass is 195 g/mol. The van der Waals surface area contributed by atoms with Crippen LogP contribution < -0.4 is 0 Å². The van der Waals surface area contributed by atoms with Gasteiger partial charge in [-0.25, -0.2) is 0 Å². The van der Waals surface area contributed by atoms with Gasteiger partial charge in [-0.15, -0.1) is 6.58 Å². The van der Waals surface area contributed by atoms with Gasteiger partial charge in [0.25, 0.3) is 0 Å². The molecule has 0 aromatic rings. The number of hydrogen-bond acceptors (Lipinski definition) is 2. The van der Waals surface area contributed by atoms with Gasteiger partial charge in [0.15, 0.2) is 0 Å². The first-order valence-corrected chi connectivity index (χ1v) is 5.27. The lowest BCUT2D eigenvalue weighted by atomic mass is 10.0. The molecule has 0 saturated carbocycles. The van der Waals surface area contributed by atoms with Crippen LogP contribution in [-0.4, -0.2) is 35.6 Å². The van der Waals surface area contributed by atoms with Crippen molar-refractivity contribution in [1.82, 2.24) is 4.90 Å². The Labute approximate surface area is 84.7 Å². The molecule has 0 N–H and O–H groups in total. The van der Waals surface area contributed by atoms with Crippen molar-refractivity contribution in [2.75, 3.05) is 6.61 Å². The number of ether oxygens (including phenoxy) is 1. The highest BCUT2D eigenvalue weighted by atomic mass is 16.5. The Hall–Kier alpha value is -0.830. The average molecular weight is 195 g/mol. The molecule has 2 heterocycles. The van der Waals surface area contributed by atoms with Crippen molar-refractivity contribution in [2.24, 2.45) is 0 Å². The summed E-state index contributed by atoms with van der Waals surface area (Å²) < 4.78 is 5.66. The molecule has 2 unspecified atom stereocenters. The number of fused-ring (bicyclic) bond motifs is 1. The van der Waals surface area contributed by atoms with Crippen molar-refractivity contribution in [3.63, 3.8) is 0 Å². The van der Waals surface area contributed by atoms with E-state index >= 15 is 0 Å². The lowest BCUT2D eigenvalue weighted by Crippen LogP contribution is -2.54. The van der Waals surface area contributed by atoms with Crippen molar-refractivity contribution in [3.8, 4) is 0 Å². The molecule has 2 rings (SSSR count). The number of carbonyl (C=O) groups is 1. The third-order valence-corrected chi connectivity index (χ3v) is 3.23. The van der Waals surface area contributed by atoms with Crippen LogP contribution in [0.15, 0.2) is 12.7 Å². The quantitative estimate of drug-likeness (QED) is 0.622. The molecule has 14 heavy (non-hydrogen) atoms. The van der Waals surface area contributed by atoms with Gasteiger partial charge in [0.1, 0.15) is 0 Å². The molecule has 3 heteroatoms. The molecule has 3 nitrogen and oxygen atoms in total. The van der Waals surface area contributed by atoms with Crippen LogP contribution in [0, 0.1) is 0 Å². The molecule has 0 bridgehead atoms. The number of amides is 1. The molecule has 0 aromatic carbocycles. The van der Waals surface area contributed by atoms with E-state index in [0.717, 1.165) is 12.8 Å². The first-order chi connectivity index (χ1) is 6.74. The van der Waals surface area contributed by atoms with Gasteiger partial charge in [0, 0.05) is 6.42 Å². The van der Waals surface area contributed by atoms with Crippen molar-refractivity contribution < 1.29 is 9.53 Å². The summed E-state index contributed by atoms with van der Waals surface area (Å²) >= 11 is 0. The van der Waals surface area contributed by atoms with Gasteiger partial charge in [-0.1, -0.05) is 6.08 Å². The van der Waals surface area contributed by atoms with Gasteiger partial charge in [-0.2, -0.15) is 0 Å². The van der Waals surface area contributed by atoms with Crippen LogP contribution in [0.5, 0.6) is 0 Å². The van der Waals surface area contributed by atoms with Gasteiger partial charge in [-0.05, 0) is 19.8 Å². The molecule has 2 saturated heterocycles. The molecule has 3 atom stereocenters. The second kappa shape index (κ2) is 3.73. The zero-order valence-electron chi connectivity index (χ0n) is 8.61. The minimum Gasteiger partial charge on any atom is -0.374 e. The maximum absolute atomic E-state index is 11.7. The molecule has 0 radical (unpaired) electrons. The fourth-order valence-corrected chi connectivity index (χ4v) is 2.46. The Morgan fingerprint density at radius 3 is 3.21 bits per heavy atom. The predicted octanol–water partition coefficient (Wildman–Crippen LogP) is 1.34. The van der Waals surface area contributed by atoms with E-state index in [4.69, 9.17) is 4.74 Å². The molecule has 0 aliphatic carbocycles. The van der Waals surface area contributed by atoms with E-state index in [2.05, 4.69) is 6.58 Å². The van der Waals surface area contributed by atoms with Gasteiger partial charge < -0.3 is 9.64 Å². The molecule has 2 aliphatic heterocycles. The SMILES string of the molecule is C=CC[C@H]1C(C)OCC2CCC(=O)N21. The highest BCUT2D eigenvalue weighted by Crippen LogP contribution is 2.30. The first kappa shape index (κ1) is 9.71. The number of rotatable bonds is 2. The highest BCUT2D eigenvalue weighted by molar-refractivity contribution is 5.79. The van der Waals surface area contributed by atoms with Gasteiger partial charge >= 0.3 is 0 Å². The fraction of sp³-hybridized carbons (Fsp3) is 0.727. The van der Waals surface area contributed by atoms with Crippen LogP contribution in [-0.2, 0) is 9.53 Å². The Bertz CT molecular complexity index is 252. The summed E-state index contributed by atoms with van der Waals surface area (Å²) in [4.78, 5) is 13.7.